The highest BCUT2D eigenvalue weighted by molar-refractivity contribution is 7.90. The average Bonchev–Trinajstić information content (AvgIpc) is 2.48. The van der Waals surface area contributed by atoms with Crippen LogP contribution in [0.1, 0.15) is 38.5 Å². The number of carbonyl (C=O) groups is 1. The maximum absolute atomic E-state index is 12.1. The highest BCUT2D eigenvalue weighted by Crippen LogP contribution is 2.30. The van der Waals surface area contributed by atoms with Crippen LogP contribution in [-0.4, -0.2) is 26.9 Å². The molecule has 2 rings (SSSR count). The quantitative estimate of drug-likeness (QED) is 0.869. The fourth-order valence-corrected chi connectivity index (χ4v) is 3.90. The number of sulfonamides is 1. The molecule has 1 aliphatic carbocycles. The van der Waals surface area contributed by atoms with E-state index in [-0.39, 0.29) is 16.9 Å². The molecule has 0 radical (unpaired) electrons. The van der Waals surface area contributed by atoms with Crippen molar-refractivity contribution < 1.29 is 13.2 Å². The molecule has 2 N–H and O–H groups in total. The molecule has 1 aliphatic rings. The highest BCUT2D eigenvalue weighted by Gasteiger charge is 2.33. The van der Waals surface area contributed by atoms with Crippen LogP contribution in [0.15, 0.2) is 35.2 Å². The number of hydrogen-bond acceptors (Lipinski definition) is 4. The van der Waals surface area contributed by atoms with E-state index >= 15 is 0 Å². The van der Waals surface area contributed by atoms with Gasteiger partial charge in [0, 0.05) is 12.0 Å². The fourth-order valence-electron chi connectivity index (χ4n) is 2.90. The summed E-state index contributed by atoms with van der Waals surface area (Å²) in [7, 11) is -1.93. The Balaban J connectivity index is 2.04. The van der Waals surface area contributed by atoms with Gasteiger partial charge in [-0.25, -0.2) is 13.1 Å². The standard InChI is InChI=1S/C15H22N2O3S/c1-16-15(10-6-3-7-11-15)12-14(18)17-21(19,20)13-8-4-2-5-9-13/h2,4-5,8-9,16H,3,6-7,10-12H2,1H3,(H,17,18). The molecule has 0 spiro atoms. The maximum Gasteiger partial charge on any atom is 0.264 e. The predicted octanol–water partition coefficient (Wildman–Crippen LogP) is 1.80. The van der Waals surface area contributed by atoms with E-state index in [1.807, 2.05) is 7.05 Å². The number of benzene rings is 1. The van der Waals surface area contributed by atoms with Crippen molar-refractivity contribution in [1.82, 2.24) is 10.0 Å². The van der Waals surface area contributed by atoms with Gasteiger partial charge in [0.1, 0.15) is 0 Å². The number of rotatable bonds is 5. The molecule has 1 aromatic rings. The van der Waals surface area contributed by atoms with Crippen LogP contribution < -0.4 is 10.0 Å². The van der Waals surface area contributed by atoms with E-state index in [9.17, 15) is 13.2 Å². The summed E-state index contributed by atoms with van der Waals surface area (Å²) in [6.45, 7) is 0. The molecule has 0 bridgehead atoms. The van der Waals surface area contributed by atoms with Crippen LogP contribution in [0.2, 0.25) is 0 Å². The molecule has 1 fully saturated rings. The van der Waals surface area contributed by atoms with Gasteiger partial charge in [-0.1, -0.05) is 37.5 Å². The van der Waals surface area contributed by atoms with E-state index in [0.29, 0.717) is 0 Å². The largest absolute Gasteiger partial charge is 0.314 e. The molecule has 0 atom stereocenters. The maximum atomic E-state index is 12.1. The van der Waals surface area contributed by atoms with Gasteiger partial charge < -0.3 is 5.32 Å². The van der Waals surface area contributed by atoms with Crippen molar-refractivity contribution in [2.45, 2.75) is 49.0 Å². The number of nitrogens with one attached hydrogen (secondary N) is 2. The zero-order chi connectivity index (χ0) is 15.3. The van der Waals surface area contributed by atoms with Crippen LogP contribution >= 0.6 is 0 Å². The second-order valence-electron chi connectivity index (χ2n) is 5.61. The van der Waals surface area contributed by atoms with Gasteiger partial charge in [0.15, 0.2) is 0 Å². The third-order valence-electron chi connectivity index (χ3n) is 4.14. The van der Waals surface area contributed by atoms with Crippen LogP contribution in [0.3, 0.4) is 0 Å². The second kappa shape index (κ2) is 6.58. The molecule has 1 aromatic carbocycles. The lowest BCUT2D eigenvalue weighted by molar-refractivity contribution is -0.121. The molecule has 1 saturated carbocycles. The van der Waals surface area contributed by atoms with Crippen LogP contribution in [0.4, 0.5) is 0 Å². The third kappa shape index (κ3) is 4.04. The lowest BCUT2D eigenvalue weighted by Crippen LogP contribution is -2.48. The Kier molecular flexibility index (Phi) is 5.00. The first-order chi connectivity index (χ1) is 9.97. The van der Waals surface area contributed by atoms with Crippen LogP contribution in [-0.2, 0) is 14.8 Å². The Hall–Kier alpha value is -1.40. The lowest BCUT2D eigenvalue weighted by atomic mass is 9.79. The normalized spacial score (nSPS) is 18.1. The van der Waals surface area contributed by atoms with Crippen molar-refractivity contribution in [3.05, 3.63) is 30.3 Å². The Morgan fingerprint density at radius 3 is 2.33 bits per heavy atom. The van der Waals surface area contributed by atoms with Crippen molar-refractivity contribution in [1.29, 1.82) is 0 Å². The van der Waals surface area contributed by atoms with Gasteiger partial charge in [0.2, 0.25) is 5.91 Å². The van der Waals surface area contributed by atoms with E-state index in [4.69, 9.17) is 0 Å². The predicted molar refractivity (Wildman–Crippen MR) is 81.3 cm³/mol. The van der Waals surface area contributed by atoms with Crippen molar-refractivity contribution >= 4 is 15.9 Å². The Morgan fingerprint density at radius 2 is 1.76 bits per heavy atom. The summed E-state index contributed by atoms with van der Waals surface area (Å²) >= 11 is 0. The van der Waals surface area contributed by atoms with E-state index in [1.54, 1.807) is 18.2 Å². The third-order valence-corrected chi connectivity index (χ3v) is 5.53. The first-order valence-electron chi connectivity index (χ1n) is 7.27. The van der Waals surface area contributed by atoms with Crippen molar-refractivity contribution in [2.75, 3.05) is 7.05 Å². The lowest BCUT2D eigenvalue weighted by Gasteiger charge is -2.36. The molecule has 5 nitrogen and oxygen atoms in total. The van der Waals surface area contributed by atoms with Crippen LogP contribution in [0.5, 0.6) is 0 Å². The van der Waals surface area contributed by atoms with Gasteiger partial charge in [0.25, 0.3) is 10.0 Å². The van der Waals surface area contributed by atoms with Crippen LogP contribution in [0, 0.1) is 0 Å². The molecule has 0 aromatic heterocycles. The fraction of sp³-hybridized carbons (Fsp3) is 0.533. The molecule has 0 saturated heterocycles. The molecule has 0 unspecified atom stereocenters. The average molecular weight is 310 g/mol. The van der Waals surface area contributed by atoms with Crippen molar-refractivity contribution in [2.24, 2.45) is 0 Å². The number of carbonyl (C=O) groups excluding carboxylic acids is 1. The van der Waals surface area contributed by atoms with Gasteiger partial charge in [0.05, 0.1) is 4.90 Å². The van der Waals surface area contributed by atoms with Gasteiger partial charge in [-0.3, -0.25) is 4.79 Å². The minimum absolute atomic E-state index is 0.112. The summed E-state index contributed by atoms with van der Waals surface area (Å²) in [4.78, 5) is 12.2. The molecule has 21 heavy (non-hydrogen) atoms. The zero-order valence-corrected chi connectivity index (χ0v) is 13.1. The Labute approximate surface area is 126 Å². The SMILES string of the molecule is CNC1(CC(=O)NS(=O)(=O)c2ccccc2)CCCCC1. The highest BCUT2D eigenvalue weighted by atomic mass is 32.2. The van der Waals surface area contributed by atoms with Gasteiger partial charge in [-0.2, -0.15) is 0 Å². The topological polar surface area (TPSA) is 75.3 Å². The van der Waals surface area contributed by atoms with E-state index in [2.05, 4.69) is 10.0 Å². The van der Waals surface area contributed by atoms with Crippen molar-refractivity contribution in [3.8, 4) is 0 Å². The first kappa shape index (κ1) is 16.0. The Morgan fingerprint density at radius 1 is 1.14 bits per heavy atom. The van der Waals surface area contributed by atoms with E-state index in [1.165, 1.54) is 18.6 Å². The summed E-state index contributed by atoms with van der Waals surface area (Å²) in [5, 5.41) is 3.22. The van der Waals surface area contributed by atoms with Crippen LogP contribution in [0.25, 0.3) is 0 Å². The summed E-state index contributed by atoms with van der Waals surface area (Å²) in [6.07, 6.45) is 5.31. The minimum atomic E-state index is -3.77. The molecule has 0 heterocycles. The number of amides is 1. The Bertz CT molecular complexity index is 578. The van der Waals surface area contributed by atoms with E-state index < -0.39 is 15.9 Å². The second-order valence-corrected chi connectivity index (χ2v) is 7.29. The van der Waals surface area contributed by atoms with E-state index in [0.717, 1.165) is 25.7 Å². The molecule has 1 amide bonds. The van der Waals surface area contributed by atoms with Gasteiger partial charge in [-0.05, 0) is 32.0 Å². The smallest absolute Gasteiger partial charge is 0.264 e. The molecule has 116 valence electrons. The minimum Gasteiger partial charge on any atom is -0.314 e. The summed E-state index contributed by atoms with van der Waals surface area (Å²) in [6, 6.07) is 7.96. The summed E-state index contributed by atoms with van der Waals surface area (Å²) in [5.41, 5.74) is -0.269. The molecular weight excluding hydrogens is 288 g/mol. The van der Waals surface area contributed by atoms with Crippen molar-refractivity contribution in [3.63, 3.8) is 0 Å². The molecule has 0 aliphatic heterocycles. The number of hydrogen-bond donors (Lipinski definition) is 2. The zero-order valence-electron chi connectivity index (χ0n) is 12.3. The molecule has 6 heteroatoms. The van der Waals surface area contributed by atoms with Gasteiger partial charge in [-0.15, -0.1) is 0 Å². The summed E-state index contributed by atoms with van der Waals surface area (Å²) in [5.74, 6) is -0.449. The molecular formula is C15H22N2O3S. The van der Waals surface area contributed by atoms with Gasteiger partial charge >= 0.3 is 0 Å². The summed E-state index contributed by atoms with van der Waals surface area (Å²) < 4.78 is 26.4. The first-order valence-corrected chi connectivity index (χ1v) is 8.75. The monoisotopic (exact) mass is 310 g/mol.